The Balaban J connectivity index is 1.72. The number of aryl methyl sites for hydroxylation is 2. The average molecular weight is 413 g/mol. The zero-order valence-electron chi connectivity index (χ0n) is 16.9. The molecular weight excluding hydrogens is 388 g/mol. The van der Waals surface area contributed by atoms with E-state index in [-0.39, 0.29) is 12.5 Å². The SMILES string of the molecule is COc1ccc(OC)c2c1CN(C(=O)c1ccsc1-n1c(C)ccc1C)C[C@@H]2O. The van der Waals surface area contributed by atoms with Gasteiger partial charge in [-0.3, -0.25) is 4.79 Å². The summed E-state index contributed by atoms with van der Waals surface area (Å²) in [4.78, 5) is 15.1. The molecule has 1 N–H and O–H groups in total. The molecule has 2 aromatic heterocycles. The Bertz CT molecular complexity index is 1050. The molecule has 29 heavy (non-hydrogen) atoms. The molecule has 1 atom stereocenters. The van der Waals surface area contributed by atoms with Gasteiger partial charge in [0, 0.05) is 22.5 Å². The third-order valence-electron chi connectivity index (χ3n) is 5.43. The van der Waals surface area contributed by atoms with Crippen LogP contribution in [-0.2, 0) is 6.54 Å². The highest BCUT2D eigenvalue weighted by Gasteiger charge is 2.33. The Morgan fingerprint density at radius 1 is 1.07 bits per heavy atom. The fourth-order valence-electron chi connectivity index (χ4n) is 4.03. The molecule has 0 aliphatic carbocycles. The van der Waals surface area contributed by atoms with Gasteiger partial charge in [-0.15, -0.1) is 11.3 Å². The minimum Gasteiger partial charge on any atom is -0.496 e. The van der Waals surface area contributed by atoms with Gasteiger partial charge in [0.15, 0.2) is 0 Å². The largest absolute Gasteiger partial charge is 0.496 e. The average Bonchev–Trinajstić information content (AvgIpc) is 3.32. The van der Waals surface area contributed by atoms with Crippen molar-refractivity contribution in [1.82, 2.24) is 9.47 Å². The van der Waals surface area contributed by atoms with Crippen LogP contribution in [0.2, 0.25) is 0 Å². The molecule has 1 aliphatic heterocycles. The van der Waals surface area contributed by atoms with Crippen LogP contribution < -0.4 is 9.47 Å². The number of nitrogens with zero attached hydrogens (tertiary/aromatic N) is 2. The maximum atomic E-state index is 13.4. The van der Waals surface area contributed by atoms with E-state index in [1.807, 2.05) is 37.4 Å². The van der Waals surface area contributed by atoms with Crippen molar-refractivity contribution in [2.45, 2.75) is 26.5 Å². The molecule has 0 bridgehead atoms. The summed E-state index contributed by atoms with van der Waals surface area (Å²) in [5, 5.41) is 13.6. The summed E-state index contributed by atoms with van der Waals surface area (Å²) in [7, 11) is 3.16. The molecular formula is C22H24N2O4S. The van der Waals surface area contributed by atoms with Crippen molar-refractivity contribution in [3.05, 3.63) is 63.8 Å². The molecule has 3 heterocycles. The zero-order valence-corrected chi connectivity index (χ0v) is 17.7. The van der Waals surface area contributed by atoms with Crippen LogP contribution in [0.1, 0.15) is 39.0 Å². The van der Waals surface area contributed by atoms with Crippen LogP contribution >= 0.6 is 11.3 Å². The number of thiophene rings is 1. The second-order valence-corrected chi connectivity index (χ2v) is 8.05. The fourth-order valence-corrected chi connectivity index (χ4v) is 5.04. The van der Waals surface area contributed by atoms with E-state index in [0.717, 1.165) is 22.0 Å². The monoisotopic (exact) mass is 412 g/mol. The zero-order chi connectivity index (χ0) is 20.7. The van der Waals surface area contributed by atoms with Gasteiger partial charge in [0.2, 0.25) is 0 Å². The lowest BCUT2D eigenvalue weighted by molar-refractivity contribution is 0.0539. The highest BCUT2D eigenvalue weighted by Crippen LogP contribution is 2.40. The van der Waals surface area contributed by atoms with E-state index < -0.39 is 6.10 Å². The topological polar surface area (TPSA) is 63.9 Å². The Hall–Kier alpha value is -2.77. The summed E-state index contributed by atoms with van der Waals surface area (Å²) >= 11 is 1.54. The first kappa shape index (κ1) is 19.5. The van der Waals surface area contributed by atoms with Gasteiger partial charge in [0.1, 0.15) is 22.6 Å². The second kappa shape index (κ2) is 7.57. The molecule has 1 amide bonds. The van der Waals surface area contributed by atoms with E-state index in [2.05, 4.69) is 4.57 Å². The number of carbonyl (C=O) groups is 1. The van der Waals surface area contributed by atoms with Crippen LogP contribution in [0.3, 0.4) is 0 Å². The summed E-state index contributed by atoms with van der Waals surface area (Å²) in [6, 6.07) is 9.53. The number of aliphatic hydroxyl groups excluding tert-OH is 1. The maximum Gasteiger partial charge on any atom is 0.257 e. The quantitative estimate of drug-likeness (QED) is 0.707. The molecule has 6 nitrogen and oxygen atoms in total. The van der Waals surface area contributed by atoms with Crippen molar-refractivity contribution in [2.75, 3.05) is 20.8 Å². The number of hydrogen-bond acceptors (Lipinski definition) is 5. The van der Waals surface area contributed by atoms with Crippen LogP contribution in [-0.4, -0.2) is 41.2 Å². The molecule has 0 spiro atoms. The predicted octanol–water partition coefficient (Wildman–Crippen LogP) is 3.86. The number of hydrogen-bond donors (Lipinski definition) is 1. The molecule has 1 aromatic carbocycles. The number of carbonyl (C=O) groups excluding carboxylic acids is 1. The third kappa shape index (κ3) is 3.20. The highest BCUT2D eigenvalue weighted by molar-refractivity contribution is 7.13. The first-order chi connectivity index (χ1) is 14.0. The van der Waals surface area contributed by atoms with Crippen LogP contribution in [0.15, 0.2) is 35.7 Å². The van der Waals surface area contributed by atoms with Gasteiger partial charge in [-0.1, -0.05) is 0 Å². The molecule has 0 saturated carbocycles. The number of aromatic nitrogens is 1. The molecule has 0 unspecified atom stereocenters. The Morgan fingerprint density at radius 2 is 1.72 bits per heavy atom. The lowest BCUT2D eigenvalue weighted by Gasteiger charge is -2.34. The number of ether oxygens (including phenoxy) is 2. The van der Waals surface area contributed by atoms with E-state index in [1.165, 1.54) is 11.3 Å². The van der Waals surface area contributed by atoms with Gasteiger partial charge >= 0.3 is 0 Å². The third-order valence-corrected chi connectivity index (χ3v) is 6.32. The van der Waals surface area contributed by atoms with Gasteiger partial charge in [-0.2, -0.15) is 0 Å². The lowest BCUT2D eigenvalue weighted by atomic mass is 9.94. The predicted molar refractivity (Wildman–Crippen MR) is 112 cm³/mol. The summed E-state index contributed by atoms with van der Waals surface area (Å²) in [5.74, 6) is 1.14. The van der Waals surface area contributed by atoms with E-state index in [4.69, 9.17) is 9.47 Å². The van der Waals surface area contributed by atoms with Crippen LogP contribution in [0.25, 0.3) is 5.00 Å². The van der Waals surface area contributed by atoms with E-state index in [1.54, 1.807) is 31.3 Å². The molecule has 3 aromatic rings. The van der Waals surface area contributed by atoms with Crippen molar-refractivity contribution in [3.63, 3.8) is 0 Å². The minimum atomic E-state index is -0.843. The molecule has 0 fully saturated rings. The van der Waals surface area contributed by atoms with E-state index in [0.29, 0.717) is 29.2 Å². The standard InChI is InChI=1S/C22H24N2O4S/c1-13-5-6-14(2)24(13)22-15(9-10-29-22)21(26)23-11-16-18(27-3)7-8-19(28-4)20(16)17(25)12-23/h5-10,17,25H,11-12H2,1-4H3/t17-/m0/s1. The van der Waals surface area contributed by atoms with Gasteiger partial charge in [-0.25, -0.2) is 0 Å². The highest BCUT2D eigenvalue weighted by atomic mass is 32.1. The number of amides is 1. The lowest BCUT2D eigenvalue weighted by Crippen LogP contribution is -2.38. The van der Waals surface area contributed by atoms with Gasteiger partial charge in [0.25, 0.3) is 5.91 Å². The first-order valence-electron chi connectivity index (χ1n) is 9.40. The number of β-amino-alcohol motifs (C(OH)–C–C–N with tert-alkyl or cyclic N) is 1. The minimum absolute atomic E-state index is 0.108. The Morgan fingerprint density at radius 3 is 2.38 bits per heavy atom. The van der Waals surface area contributed by atoms with Crippen molar-refractivity contribution >= 4 is 17.2 Å². The summed E-state index contributed by atoms with van der Waals surface area (Å²) in [5.41, 5.74) is 4.27. The molecule has 0 radical (unpaired) electrons. The van der Waals surface area contributed by atoms with Crippen LogP contribution in [0, 0.1) is 13.8 Å². The van der Waals surface area contributed by atoms with Gasteiger partial charge in [0.05, 0.1) is 32.9 Å². The Kier molecular flexibility index (Phi) is 5.10. The fraction of sp³-hybridized carbons (Fsp3) is 0.318. The normalized spacial score (nSPS) is 15.9. The number of aliphatic hydroxyl groups is 1. The number of rotatable bonds is 4. The molecule has 7 heteroatoms. The Labute approximate surface area is 173 Å². The van der Waals surface area contributed by atoms with Crippen LogP contribution in [0.5, 0.6) is 11.5 Å². The summed E-state index contributed by atoms with van der Waals surface area (Å²) in [6.07, 6.45) is -0.843. The van der Waals surface area contributed by atoms with Crippen LogP contribution in [0.4, 0.5) is 0 Å². The van der Waals surface area contributed by atoms with Crippen molar-refractivity contribution in [3.8, 4) is 16.5 Å². The second-order valence-electron chi connectivity index (χ2n) is 7.15. The van der Waals surface area contributed by atoms with Crippen molar-refractivity contribution < 1.29 is 19.4 Å². The molecule has 1 aliphatic rings. The van der Waals surface area contributed by atoms with E-state index in [9.17, 15) is 9.90 Å². The molecule has 0 saturated heterocycles. The number of methoxy groups -OCH3 is 2. The van der Waals surface area contributed by atoms with E-state index >= 15 is 0 Å². The van der Waals surface area contributed by atoms with Crippen molar-refractivity contribution in [1.29, 1.82) is 0 Å². The number of fused-ring (bicyclic) bond motifs is 1. The summed E-state index contributed by atoms with van der Waals surface area (Å²) < 4.78 is 13.0. The first-order valence-corrected chi connectivity index (χ1v) is 10.3. The van der Waals surface area contributed by atoms with Gasteiger partial charge < -0.3 is 24.0 Å². The summed E-state index contributed by atoms with van der Waals surface area (Å²) in [6.45, 7) is 4.61. The molecule has 152 valence electrons. The maximum absolute atomic E-state index is 13.4. The smallest absolute Gasteiger partial charge is 0.257 e. The van der Waals surface area contributed by atoms with Gasteiger partial charge in [-0.05, 0) is 49.6 Å². The van der Waals surface area contributed by atoms with Crippen molar-refractivity contribution in [2.24, 2.45) is 0 Å². The number of benzene rings is 1. The molecule has 4 rings (SSSR count).